The third-order valence-electron chi connectivity index (χ3n) is 4.41. The maximum atomic E-state index is 12.7. The second-order valence-electron chi connectivity index (χ2n) is 6.37. The summed E-state index contributed by atoms with van der Waals surface area (Å²) in [5.74, 6) is -0.547. The van der Waals surface area contributed by atoms with Crippen molar-refractivity contribution in [2.45, 2.75) is 4.90 Å². The number of benzene rings is 2. The smallest absolute Gasteiger partial charge is 0.267 e. The Labute approximate surface area is 174 Å². The van der Waals surface area contributed by atoms with Gasteiger partial charge in [-0.3, -0.25) is 4.79 Å². The highest BCUT2D eigenvalue weighted by Crippen LogP contribution is 2.18. The minimum Gasteiger partial charge on any atom is -0.373 e. The van der Waals surface area contributed by atoms with Crippen molar-refractivity contribution in [1.29, 1.82) is 5.26 Å². The van der Waals surface area contributed by atoms with Gasteiger partial charge in [0.15, 0.2) is 0 Å². The van der Waals surface area contributed by atoms with E-state index in [2.05, 4.69) is 5.32 Å². The lowest BCUT2D eigenvalue weighted by Gasteiger charge is -2.33. The zero-order chi connectivity index (χ0) is 20.9. The van der Waals surface area contributed by atoms with E-state index < -0.39 is 15.9 Å². The van der Waals surface area contributed by atoms with E-state index in [4.69, 9.17) is 11.6 Å². The Morgan fingerprint density at radius 1 is 1.07 bits per heavy atom. The molecule has 0 aliphatic carbocycles. The average Bonchev–Trinajstić information content (AvgIpc) is 2.73. The monoisotopic (exact) mass is 430 g/mol. The van der Waals surface area contributed by atoms with Crippen molar-refractivity contribution in [2.75, 3.05) is 31.5 Å². The number of anilines is 1. The lowest BCUT2D eigenvalue weighted by atomic mass is 10.2. The molecule has 1 saturated heterocycles. The van der Waals surface area contributed by atoms with E-state index in [1.807, 2.05) is 6.07 Å². The number of nitriles is 1. The number of nitrogens with zero attached hydrogens (tertiary/aromatic N) is 3. The second kappa shape index (κ2) is 9.09. The zero-order valence-corrected chi connectivity index (χ0v) is 17.0. The van der Waals surface area contributed by atoms with Gasteiger partial charge in [-0.1, -0.05) is 35.9 Å². The Hall–Kier alpha value is -2.86. The summed E-state index contributed by atoms with van der Waals surface area (Å²) in [6.07, 6.45) is 1.46. The van der Waals surface area contributed by atoms with Crippen molar-refractivity contribution in [3.05, 3.63) is 71.4 Å². The Kier molecular flexibility index (Phi) is 6.54. The number of carbonyl (C=O) groups excluding carboxylic acids is 1. The van der Waals surface area contributed by atoms with Gasteiger partial charge in [0.05, 0.1) is 4.90 Å². The molecular formula is C20H19ClN4O3S. The first-order valence-corrected chi connectivity index (χ1v) is 10.7. The summed E-state index contributed by atoms with van der Waals surface area (Å²) in [4.78, 5) is 14.4. The number of amides is 1. The molecule has 0 saturated carbocycles. The van der Waals surface area contributed by atoms with Gasteiger partial charge in [0.25, 0.3) is 5.91 Å². The lowest BCUT2D eigenvalue weighted by Crippen LogP contribution is -2.46. The third kappa shape index (κ3) is 5.15. The van der Waals surface area contributed by atoms with E-state index in [0.717, 1.165) is 0 Å². The fourth-order valence-corrected chi connectivity index (χ4v) is 4.53. The van der Waals surface area contributed by atoms with Crippen LogP contribution in [-0.4, -0.2) is 49.7 Å². The number of sulfonamides is 1. The third-order valence-corrected chi connectivity index (χ3v) is 6.56. The van der Waals surface area contributed by atoms with Gasteiger partial charge >= 0.3 is 0 Å². The van der Waals surface area contributed by atoms with Crippen molar-refractivity contribution < 1.29 is 13.2 Å². The van der Waals surface area contributed by atoms with Crippen molar-refractivity contribution in [3.8, 4) is 6.07 Å². The number of hydrogen-bond acceptors (Lipinski definition) is 5. The number of piperazine rings is 1. The summed E-state index contributed by atoms with van der Waals surface area (Å²) in [6.45, 7) is 1.29. The van der Waals surface area contributed by atoms with Gasteiger partial charge in [0.1, 0.15) is 11.6 Å². The molecule has 0 spiro atoms. The molecule has 2 aromatic rings. The lowest BCUT2D eigenvalue weighted by molar-refractivity contribution is -0.112. The normalized spacial score (nSPS) is 15.6. The summed E-state index contributed by atoms with van der Waals surface area (Å²) in [7, 11) is -3.55. The van der Waals surface area contributed by atoms with E-state index in [0.29, 0.717) is 23.8 Å². The first-order valence-electron chi connectivity index (χ1n) is 8.88. The molecule has 9 heteroatoms. The van der Waals surface area contributed by atoms with Crippen molar-refractivity contribution in [3.63, 3.8) is 0 Å². The van der Waals surface area contributed by atoms with Crippen LogP contribution in [0, 0.1) is 11.3 Å². The summed E-state index contributed by atoms with van der Waals surface area (Å²) in [5, 5.41) is 12.5. The maximum absolute atomic E-state index is 12.7. The van der Waals surface area contributed by atoms with Crippen molar-refractivity contribution in [1.82, 2.24) is 9.21 Å². The van der Waals surface area contributed by atoms with E-state index in [-0.39, 0.29) is 23.6 Å². The van der Waals surface area contributed by atoms with Gasteiger partial charge in [-0.15, -0.1) is 0 Å². The Morgan fingerprint density at radius 3 is 2.38 bits per heavy atom. The molecule has 0 radical (unpaired) electrons. The van der Waals surface area contributed by atoms with Crippen molar-refractivity contribution >= 4 is 33.2 Å². The number of nitrogens with one attached hydrogen (secondary N) is 1. The van der Waals surface area contributed by atoms with Gasteiger partial charge in [0, 0.05) is 43.1 Å². The first kappa shape index (κ1) is 20.9. The number of hydrogen-bond donors (Lipinski definition) is 1. The molecule has 1 fully saturated rings. The first-order chi connectivity index (χ1) is 13.9. The van der Waals surface area contributed by atoms with Gasteiger partial charge in [-0.05, 0) is 30.3 Å². The molecule has 0 unspecified atom stereocenters. The highest BCUT2D eigenvalue weighted by atomic mass is 35.5. The maximum Gasteiger partial charge on any atom is 0.267 e. The largest absolute Gasteiger partial charge is 0.373 e. The summed E-state index contributed by atoms with van der Waals surface area (Å²) in [5.41, 5.74) is 0.423. The number of carbonyl (C=O) groups is 1. The molecule has 29 heavy (non-hydrogen) atoms. The molecule has 0 aromatic heterocycles. The molecule has 0 atom stereocenters. The summed E-state index contributed by atoms with van der Waals surface area (Å²) >= 11 is 5.90. The highest BCUT2D eigenvalue weighted by Gasteiger charge is 2.28. The number of halogens is 1. The van der Waals surface area contributed by atoms with Gasteiger partial charge in [0.2, 0.25) is 10.0 Å². The Balaban J connectivity index is 1.64. The van der Waals surface area contributed by atoms with Crippen LogP contribution in [0.15, 0.2) is 71.3 Å². The standard InChI is InChI=1S/C20H19ClN4O3S/c21-17-5-4-6-18(13-17)23-20(26)16(14-22)15-24-9-11-25(12-10-24)29(27,28)19-7-2-1-3-8-19/h1-8,13,15H,9-12H2,(H,23,26)/b16-15-. The Morgan fingerprint density at radius 2 is 1.76 bits per heavy atom. The predicted octanol–water partition coefficient (Wildman–Crippen LogP) is 2.69. The topological polar surface area (TPSA) is 93.5 Å². The minimum atomic E-state index is -3.55. The molecule has 1 aliphatic rings. The zero-order valence-electron chi connectivity index (χ0n) is 15.5. The molecule has 2 aromatic carbocycles. The quantitative estimate of drug-likeness (QED) is 0.581. The van der Waals surface area contributed by atoms with Crippen LogP contribution in [0.2, 0.25) is 5.02 Å². The molecule has 7 nitrogen and oxygen atoms in total. The van der Waals surface area contributed by atoms with Crippen LogP contribution in [0.4, 0.5) is 5.69 Å². The minimum absolute atomic E-state index is 0.0654. The van der Waals surface area contributed by atoms with Crippen LogP contribution in [0.5, 0.6) is 0 Å². The highest BCUT2D eigenvalue weighted by molar-refractivity contribution is 7.89. The molecular weight excluding hydrogens is 412 g/mol. The van der Waals surface area contributed by atoms with Crippen LogP contribution in [0.25, 0.3) is 0 Å². The van der Waals surface area contributed by atoms with E-state index >= 15 is 0 Å². The van der Waals surface area contributed by atoms with Gasteiger partial charge in [-0.2, -0.15) is 9.57 Å². The summed E-state index contributed by atoms with van der Waals surface area (Å²) < 4.78 is 26.8. The van der Waals surface area contributed by atoms with E-state index in [1.54, 1.807) is 59.5 Å². The van der Waals surface area contributed by atoms with Crippen LogP contribution in [-0.2, 0) is 14.8 Å². The van der Waals surface area contributed by atoms with Gasteiger partial charge < -0.3 is 10.2 Å². The fraction of sp³-hybridized carbons (Fsp3) is 0.200. The molecule has 150 valence electrons. The Bertz CT molecular complexity index is 1060. The number of rotatable bonds is 5. The van der Waals surface area contributed by atoms with E-state index in [1.165, 1.54) is 10.5 Å². The van der Waals surface area contributed by atoms with Crippen LogP contribution in [0.3, 0.4) is 0 Å². The van der Waals surface area contributed by atoms with Crippen molar-refractivity contribution in [2.24, 2.45) is 0 Å². The molecule has 3 rings (SSSR count). The summed E-state index contributed by atoms with van der Waals surface area (Å²) in [6, 6.07) is 16.8. The van der Waals surface area contributed by atoms with E-state index in [9.17, 15) is 18.5 Å². The van der Waals surface area contributed by atoms with Gasteiger partial charge in [-0.25, -0.2) is 8.42 Å². The van der Waals surface area contributed by atoms with Crippen LogP contribution >= 0.6 is 11.6 Å². The molecule has 1 aliphatic heterocycles. The molecule has 1 N–H and O–H groups in total. The molecule has 1 amide bonds. The SMILES string of the molecule is N#C/C(=C/N1CCN(S(=O)(=O)c2ccccc2)CC1)C(=O)Nc1cccc(Cl)c1. The van der Waals surface area contributed by atoms with Crippen LogP contribution in [0.1, 0.15) is 0 Å². The molecule has 0 bridgehead atoms. The predicted molar refractivity (Wildman–Crippen MR) is 111 cm³/mol. The second-order valence-corrected chi connectivity index (χ2v) is 8.75. The fourth-order valence-electron chi connectivity index (χ4n) is 2.90. The average molecular weight is 431 g/mol. The molecule has 1 heterocycles. The van der Waals surface area contributed by atoms with Crippen LogP contribution < -0.4 is 5.32 Å².